The summed E-state index contributed by atoms with van der Waals surface area (Å²) in [6.07, 6.45) is 2.50. The Morgan fingerprint density at radius 3 is 2.75 bits per heavy atom. The molecule has 0 aromatic heterocycles. The normalized spacial score (nSPS) is 22.9. The number of methoxy groups -OCH3 is 1. The van der Waals surface area contributed by atoms with E-state index >= 15 is 0 Å². The molecule has 1 heterocycles. The largest absolute Gasteiger partial charge is 0.497 e. The summed E-state index contributed by atoms with van der Waals surface area (Å²) in [7, 11) is 1.72. The first kappa shape index (κ1) is 13.4. The lowest BCUT2D eigenvalue weighted by Gasteiger charge is -2.32. The number of hydrogen-bond donors (Lipinski definition) is 1. The summed E-state index contributed by atoms with van der Waals surface area (Å²) < 4.78 is 5.30. The van der Waals surface area contributed by atoms with E-state index in [4.69, 9.17) is 4.74 Å². The lowest BCUT2D eigenvalue weighted by Crippen LogP contribution is -2.35. The molecule has 2 unspecified atom stereocenters. The minimum Gasteiger partial charge on any atom is -0.497 e. The molecule has 2 atom stereocenters. The highest BCUT2D eigenvalue weighted by Gasteiger charge is 2.24. The number of piperidine rings is 1. The molecule has 2 heteroatoms. The van der Waals surface area contributed by atoms with E-state index in [1.54, 1.807) is 7.11 Å². The van der Waals surface area contributed by atoms with Gasteiger partial charge in [0.15, 0.2) is 0 Å². The third kappa shape index (κ3) is 2.53. The molecule has 0 bridgehead atoms. The lowest BCUT2D eigenvalue weighted by molar-refractivity contribution is 0.318. The Bertz CT molecular complexity index is 593. The number of hydrogen-bond acceptors (Lipinski definition) is 2. The molecule has 3 rings (SSSR count). The number of nitrogens with one attached hydrogen (secondary N) is 1. The number of fused-ring (bicyclic) bond motifs is 1. The van der Waals surface area contributed by atoms with E-state index in [0.717, 1.165) is 24.8 Å². The van der Waals surface area contributed by atoms with Crippen molar-refractivity contribution in [1.29, 1.82) is 0 Å². The van der Waals surface area contributed by atoms with E-state index in [-0.39, 0.29) is 0 Å². The van der Waals surface area contributed by atoms with Crippen LogP contribution in [0.5, 0.6) is 5.75 Å². The van der Waals surface area contributed by atoms with Crippen molar-refractivity contribution in [3.8, 4) is 5.75 Å². The molecular weight excluding hydrogens is 246 g/mol. The molecule has 0 radical (unpaired) electrons. The Labute approximate surface area is 121 Å². The third-order valence-electron chi connectivity index (χ3n) is 4.63. The van der Waals surface area contributed by atoms with Crippen molar-refractivity contribution in [2.24, 2.45) is 5.92 Å². The molecule has 0 saturated carbocycles. The molecule has 20 heavy (non-hydrogen) atoms. The van der Waals surface area contributed by atoms with Gasteiger partial charge in [-0.2, -0.15) is 0 Å². The van der Waals surface area contributed by atoms with Gasteiger partial charge in [-0.25, -0.2) is 0 Å². The number of benzene rings is 2. The van der Waals surface area contributed by atoms with E-state index in [9.17, 15) is 0 Å². The summed E-state index contributed by atoms with van der Waals surface area (Å²) in [4.78, 5) is 0. The van der Waals surface area contributed by atoms with Crippen LogP contribution in [0, 0.1) is 5.92 Å². The van der Waals surface area contributed by atoms with Gasteiger partial charge in [-0.1, -0.05) is 37.6 Å². The topological polar surface area (TPSA) is 21.3 Å². The maximum Gasteiger partial charge on any atom is 0.119 e. The van der Waals surface area contributed by atoms with Crippen molar-refractivity contribution in [3.63, 3.8) is 0 Å². The van der Waals surface area contributed by atoms with Crippen LogP contribution in [-0.2, 0) is 0 Å². The van der Waals surface area contributed by atoms with Crippen molar-refractivity contribution in [2.45, 2.75) is 25.7 Å². The highest BCUT2D eigenvalue weighted by molar-refractivity contribution is 5.84. The average Bonchev–Trinajstić information content (AvgIpc) is 2.53. The van der Waals surface area contributed by atoms with Gasteiger partial charge in [0.05, 0.1) is 7.11 Å². The van der Waals surface area contributed by atoms with Gasteiger partial charge in [0.25, 0.3) is 0 Å². The van der Waals surface area contributed by atoms with Crippen LogP contribution in [0.3, 0.4) is 0 Å². The molecule has 0 aliphatic carbocycles. The maximum absolute atomic E-state index is 5.30. The summed E-state index contributed by atoms with van der Waals surface area (Å²) in [5.74, 6) is 2.39. The van der Waals surface area contributed by atoms with Gasteiger partial charge in [0.2, 0.25) is 0 Å². The zero-order valence-corrected chi connectivity index (χ0v) is 12.4. The highest BCUT2D eigenvalue weighted by Crippen LogP contribution is 2.34. The van der Waals surface area contributed by atoms with Crippen molar-refractivity contribution < 1.29 is 4.74 Å². The first-order valence-corrected chi connectivity index (χ1v) is 7.60. The monoisotopic (exact) mass is 269 g/mol. The molecule has 1 N–H and O–H groups in total. The minimum absolute atomic E-state index is 0.702. The fraction of sp³-hybridized carbons (Fsp3) is 0.444. The second kappa shape index (κ2) is 5.84. The van der Waals surface area contributed by atoms with Gasteiger partial charge in [-0.05, 0) is 59.8 Å². The molecular formula is C18H23NO. The fourth-order valence-electron chi connectivity index (χ4n) is 3.39. The van der Waals surface area contributed by atoms with E-state index in [0.29, 0.717) is 5.92 Å². The molecule has 0 spiro atoms. The molecule has 2 aromatic carbocycles. The van der Waals surface area contributed by atoms with Gasteiger partial charge >= 0.3 is 0 Å². The Morgan fingerprint density at radius 1 is 1.15 bits per heavy atom. The number of rotatable bonds is 3. The van der Waals surface area contributed by atoms with Gasteiger partial charge in [-0.15, -0.1) is 0 Å². The molecule has 1 aliphatic rings. The second-order valence-corrected chi connectivity index (χ2v) is 5.74. The zero-order chi connectivity index (χ0) is 13.9. The Balaban J connectivity index is 1.95. The van der Waals surface area contributed by atoms with Gasteiger partial charge in [-0.3, -0.25) is 0 Å². The summed E-state index contributed by atoms with van der Waals surface area (Å²) in [6, 6.07) is 13.2. The number of ether oxygens (including phenoxy) is 1. The van der Waals surface area contributed by atoms with Crippen molar-refractivity contribution in [3.05, 3.63) is 42.0 Å². The molecule has 2 aromatic rings. The van der Waals surface area contributed by atoms with E-state index in [2.05, 4.69) is 42.6 Å². The SMILES string of the molecule is CCC1CNCCC1c1ccc2cc(OC)ccc2c1. The molecule has 106 valence electrons. The fourth-order valence-corrected chi connectivity index (χ4v) is 3.39. The highest BCUT2D eigenvalue weighted by atomic mass is 16.5. The Hall–Kier alpha value is -1.54. The zero-order valence-electron chi connectivity index (χ0n) is 12.4. The summed E-state index contributed by atoms with van der Waals surface area (Å²) in [5.41, 5.74) is 1.50. The van der Waals surface area contributed by atoms with Crippen molar-refractivity contribution in [2.75, 3.05) is 20.2 Å². The minimum atomic E-state index is 0.702. The van der Waals surface area contributed by atoms with E-state index in [1.807, 2.05) is 6.07 Å². The average molecular weight is 269 g/mol. The maximum atomic E-state index is 5.30. The van der Waals surface area contributed by atoms with Crippen LogP contribution in [0.25, 0.3) is 10.8 Å². The third-order valence-corrected chi connectivity index (χ3v) is 4.63. The summed E-state index contributed by atoms with van der Waals surface area (Å²) in [5, 5.41) is 6.10. The standard InChI is InChI=1S/C18H23NO/c1-3-13-12-19-9-8-18(13)16-5-4-15-11-17(20-2)7-6-14(15)10-16/h4-7,10-11,13,18-19H,3,8-9,12H2,1-2H3. The van der Waals surface area contributed by atoms with Crippen LogP contribution in [0.1, 0.15) is 31.2 Å². The lowest BCUT2D eigenvalue weighted by atomic mass is 9.79. The molecule has 2 nitrogen and oxygen atoms in total. The van der Waals surface area contributed by atoms with Crippen LogP contribution >= 0.6 is 0 Å². The van der Waals surface area contributed by atoms with E-state index < -0.39 is 0 Å². The smallest absolute Gasteiger partial charge is 0.119 e. The summed E-state index contributed by atoms with van der Waals surface area (Å²) in [6.45, 7) is 4.60. The van der Waals surface area contributed by atoms with Crippen LogP contribution in [0.15, 0.2) is 36.4 Å². The first-order valence-electron chi connectivity index (χ1n) is 7.60. The predicted molar refractivity (Wildman–Crippen MR) is 84.5 cm³/mol. The molecule has 1 fully saturated rings. The van der Waals surface area contributed by atoms with Crippen LogP contribution < -0.4 is 10.1 Å². The Kier molecular flexibility index (Phi) is 3.93. The van der Waals surface area contributed by atoms with Crippen molar-refractivity contribution in [1.82, 2.24) is 5.32 Å². The predicted octanol–water partition coefficient (Wildman–Crippen LogP) is 3.95. The Morgan fingerprint density at radius 2 is 1.95 bits per heavy atom. The van der Waals surface area contributed by atoms with Gasteiger partial charge < -0.3 is 10.1 Å². The molecule has 0 amide bonds. The van der Waals surface area contributed by atoms with Crippen LogP contribution in [0.4, 0.5) is 0 Å². The van der Waals surface area contributed by atoms with Crippen molar-refractivity contribution >= 4 is 10.8 Å². The van der Waals surface area contributed by atoms with Gasteiger partial charge in [0, 0.05) is 0 Å². The summed E-state index contributed by atoms with van der Waals surface area (Å²) >= 11 is 0. The van der Waals surface area contributed by atoms with Crippen LogP contribution in [0.2, 0.25) is 0 Å². The van der Waals surface area contributed by atoms with E-state index in [1.165, 1.54) is 29.2 Å². The molecule has 1 aliphatic heterocycles. The van der Waals surface area contributed by atoms with Crippen LogP contribution in [-0.4, -0.2) is 20.2 Å². The quantitative estimate of drug-likeness (QED) is 0.911. The van der Waals surface area contributed by atoms with Gasteiger partial charge in [0.1, 0.15) is 5.75 Å². The second-order valence-electron chi connectivity index (χ2n) is 5.74. The first-order chi connectivity index (χ1) is 9.81. The molecule has 1 saturated heterocycles.